The molecule has 0 saturated carbocycles. The summed E-state index contributed by atoms with van der Waals surface area (Å²) >= 11 is 0. The molecule has 0 unspecified atom stereocenters. The first-order chi connectivity index (χ1) is 13.8. The van der Waals surface area contributed by atoms with Crippen LogP contribution in [0, 0.1) is 13.8 Å². The molecule has 2 aromatic heterocycles. The summed E-state index contributed by atoms with van der Waals surface area (Å²) in [6.07, 6.45) is 3.13. The van der Waals surface area contributed by atoms with E-state index in [1.54, 1.807) is 12.3 Å². The van der Waals surface area contributed by atoms with Crippen LogP contribution in [0.5, 0.6) is 0 Å². The van der Waals surface area contributed by atoms with Crippen LogP contribution in [0.1, 0.15) is 33.1 Å². The Morgan fingerprint density at radius 3 is 2.52 bits per heavy atom. The van der Waals surface area contributed by atoms with Gasteiger partial charge in [-0.1, -0.05) is 30.3 Å². The Morgan fingerprint density at radius 2 is 1.86 bits per heavy atom. The van der Waals surface area contributed by atoms with Gasteiger partial charge in [0.1, 0.15) is 5.76 Å². The summed E-state index contributed by atoms with van der Waals surface area (Å²) in [5, 5.41) is 1.12. The van der Waals surface area contributed by atoms with Crippen LogP contribution in [0.15, 0.2) is 64.6 Å². The average Bonchev–Trinajstić information content (AvgIpc) is 3.31. The molecule has 6 nitrogen and oxygen atoms in total. The van der Waals surface area contributed by atoms with Gasteiger partial charge >= 0.3 is 0 Å². The Hall–Kier alpha value is -2.90. The van der Waals surface area contributed by atoms with Crippen molar-refractivity contribution >= 4 is 21.9 Å². The number of hydrogen-bond acceptors (Lipinski definition) is 4. The number of aromatic nitrogens is 1. The monoisotopic (exact) mass is 412 g/mol. The van der Waals surface area contributed by atoms with E-state index in [1.165, 1.54) is 13.1 Å². The number of ketones is 1. The topological polar surface area (TPSA) is 72.5 Å². The molecule has 0 aliphatic rings. The number of aryl methyl sites for hydroxylation is 1. The Balaban J connectivity index is 1.73. The molecule has 0 saturated heterocycles. The number of nitrogens with zero attached hydrogens (tertiary/aromatic N) is 2. The zero-order valence-corrected chi connectivity index (χ0v) is 17.5. The van der Waals surface area contributed by atoms with Crippen LogP contribution in [0.2, 0.25) is 0 Å². The molecule has 2 heterocycles. The van der Waals surface area contributed by atoms with Crippen LogP contribution in [0.3, 0.4) is 0 Å². The zero-order chi connectivity index (χ0) is 21.0. The zero-order valence-electron chi connectivity index (χ0n) is 16.7. The van der Waals surface area contributed by atoms with Gasteiger partial charge in [0.15, 0.2) is 5.78 Å². The molecule has 0 aliphatic carbocycles. The molecule has 0 spiro atoms. The molecule has 0 fully saturated rings. The Morgan fingerprint density at radius 1 is 1.14 bits per heavy atom. The minimum Gasteiger partial charge on any atom is -0.467 e. The number of sulfonamides is 1. The molecule has 0 amide bonds. The normalized spacial score (nSPS) is 12.1. The molecule has 29 heavy (non-hydrogen) atoms. The number of rotatable bonds is 8. The smallest absolute Gasteiger partial charge is 0.236 e. The minimum atomic E-state index is -3.71. The molecule has 1 aromatic carbocycles. The van der Waals surface area contributed by atoms with Crippen molar-refractivity contribution in [3.8, 4) is 0 Å². The highest BCUT2D eigenvalue weighted by Crippen LogP contribution is 2.19. The third-order valence-electron chi connectivity index (χ3n) is 4.80. The second-order valence-electron chi connectivity index (χ2n) is 6.89. The van der Waals surface area contributed by atoms with Crippen molar-refractivity contribution in [3.05, 3.63) is 88.5 Å². The summed E-state index contributed by atoms with van der Waals surface area (Å²) in [6.45, 7) is 4.06. The lowest BCUT2D eigenvalue weighted by Crippen LogP contribution is -2.31. The lowest BCUT2D eigenvalue weighted by molar-refractivity contribution is 0.0972. The number of likely N-dealkylation sites (N-methyl/N-ethyl adjacent to an activating group) is 1. The van der Waals surface area contributed by atoms with E-state index >= 15 is 0 Å². The predicted octanol–water partition coefficient (Wildman–Crippen LogP) is 3.86. The standard InChI is InChI=1S/C22H24N2O4S/c1-17-14-21(18(2)24(17)15-20-10-7-12-28-20)22(25)16-23(3)29(26,27)13-11-19-8-5-4-6-9-19/h4-14H,15-16H2,1-3H3. The summed E-state index contributed by atoms with van der Waals surface area (Å²) in [5.74, 6) is 0.541. The van der Waals surface area contributed by atoms with Gasteiger partial charge in [-0.25, -0.2) is 8.42 Å². The average molecular weight is 413 g/mol. The third kappa shape index (κ3) is 4.93. The second-order valence-corrected chi connectivity index (χ2v) is 8.81. The predicted molar refractivity (Wildman–Crippen MR) is 113 cm³/mol. The largest absolute Gasteiger partial charge is 0.467 e. The highest BCUT2D eigenvalue weighted by atomic mass is 32.2. The van der Waals surface area contributed by atoms with Crippen LogP contribution in [0.4, 0.5) is 0 Å². The van der Waals surface area contributed by atoms with Gasteiger partial charge in [0.25, 0.3) is 0 Å². The molecule has 3 rings (SSSR count). The Labute approximate surface area is 171 Å². The van der Waals surface area contributed by atoms with Crippen LogP contribution in [-0.2, 0) is 16.6 Å². The maximum Gasteiger partial charge on any atom is 0.236 e. The van der Waals surface area contributed by atoms with E-state index in [0.717, 1.165) is 32.4 Å². The van der Waals surface area contributed by atoms with Gasteiger partial charge in [-0.15, -0.1) is 0 Å². The van der Waals surface area contributed by atoms with Crippen molar-refractivity contribution in [2.75, 3.05) is 13.6 Å². The van der Waals surface area contributed by atoms with Crippen molar-refractivity contribution in [1.29, 1.82) is 0 Å². The highest BCUT2D eigenvalue weighted by molar-refractivity contribution is 7.92. The fourth-order valence-electron chi connectivity index (χ4n) is 3.10. The van der Waals surface area contributed by atoms with E-state index in [4.69, 9.17) is 4.42 Å². The van der Waals surface area contributed by atoms with Gasteiger partial charge < -0.3 is 8.98 Å². The van der Waals surface area contributed by atoms with E-state index in [-0.39, 0.29) is 12.3 Å². The van der Waals surface area contributed by atoms with Crippen LogP contribution < -0.4 is 0 Å². The lowest BCUT2D eigenvalue weighted by atomic mass is 10.1. The molecule has 0 N–H and O–H groups in total. The van der Waals surface area contributed by atoms with Gasteiger partial charge in [0.05, 0.1) is 19.4 Å². The Bertz CT molecular complexity index is 1110. The van der Waals surface area contributed by atoms with E-state index in [9.17, 15) is 13.2 Å². The molecule has 0 radical (unpaired) electrons. The van der Waals surface area contributed by atoms with Gasteiger partial charge in [0.2, 0.25) is 10.0 Å². The molecule has 0 aliphatic heterocycles. The van der Waals surface area contributed by atoms with Crippen LogP contribution in [-0.4, -0.2) is 36.7 Å². The lowest BCUT2D eigenvalue weighted by Gasteiger charge is -2.14. The van der Waals surface area contributed by atoms with Crippen LogP contribution in [0.25, 0.3) is 6.08 Å². The van der Waals surface area contributed by atoms with Crippen molar-refractivity contribution in [3.63, 3.8) is 0 Å². The number of Topliss-reactive ketones (excluding diaryl/α,β-unsaturated/α-hetero) is 1. The van der Waals surface area contributed by atoms with Gasteiger partial charge in [-0.05, 0) is 43.7 Å². The number of carbonyl (C=O) groups is 1. The maximum atomic E-state index is 12.8. The molecule has 152 valence electrons. The molecule has 0 bridgehead atoms. The quantitative estimate of drug-likeness (QED) is 0.527. The molecule has 7 heteroatoms. The number of benzene rings is 1. The van der Waals surface area contributed by atoms with E-state index in [1.807, 2.05) is 60.9 Å². The molecular formula is C22H24N2O4S. The Kier molecular flexibility index (Phi) is 6.20. The summed E-state index contributed by atoms with van der Waals surface area (Å²) in [4.78, 5) is 12.8. The first-order valence-corrected chi connectivity index (χ1v) is 10.7. The van der Waals surface area contributed by atoms with Gasteiger partial charge in [0, 0.05) is 29.4 Å². The molecule has 3 aromatic rings. The van der Waals surface area contributed by atoms with E-state index in [2.05, 4.69) is 0 Å². The first kappa shape index (κ1) is 20.8. The van der Waals surface area contributed by atoms with E-state index in [0.29, 0.717) is 12.1 Å². The van der Waals surface area contributed by atoms with Crippen LogP contribution >= 0.6 is 0 Å². The first-order valence-electron chi connectivity index (χ1n) is 9.19. The number of hydrogen-bond donors (Lipinski definition) is 0. The van der Waals surface area contributed by atoms with Gasteiger partial charge in [-0.2, -0.15) is 4.31 Å². The van der Waals surface area contributed by atoms with Crippen molar-refractivity contribution < 1.29 is 17.6 Å². The fourth-order valence-corrected chi connectivity index (χ4v) is 3.93. The van der Waals surface area contributed by atoms with Crippen molar-refractivity contribution in [1.82, 2.24) is 8.87 Å². The third-order valence-corrected chi connectivity index (χ3v) is 6.28. The van der Waals surface area contributed by atoms with Gasteiger partial charge in [-0.3, -0.25) is 4.79 Å². The fraction of sp³-hybridized carbons (Fsp3) is 0.227. The summed E-state index contributed by atoms with van der Waals surface area (Å²) < 4.78 is 33.5. The molecular weight excluding hydrogens is 388 g/mol. The summed E-state index contributed by atoms with van der Waals surface area (Å²) in [6, 6.07) is 14.6. The maximum absolute atomic E-state index is 12.8. The SMILES string of the molecule is Cc1cc(C(=O)CN(C)S(=O)(=O)C=Cc2ccccc2)c(C)n1Cc1ccco1. The molecule has 0 atom stereocenters. The number of carbonyl (C=O) groups excluding carboxylic acids is 1. The minimum absolute atomic E-state index is 0.230. The van der Waals surface area contributed by atoms with Crippen molar-refractivity contribution in [2.45, 2.75) is 20.4 Å². The summed E-state index contributed by atoms with van der Waals surface area (Å²) in [7, 11) is -2.30. The summed E-state index contributed by atoms with van der Waals surface area (Å²) in [5.41, 5.74) is 2.99. The van der Waals surface area contributed by atoms with E-state index < -0.39 is 10.0 Å². The highest BCUT2D eigenvalue weighted by Gasteiger charge is 2.22. The second kappa shape index (κ2) is 8.63. The number of furan rings is 1. The van der Waals surface area contributed by atoms with Crippen molar-refractivity contribution in [2.24, 2.45) is 0 Å².